The van der Waals surface area contributed by atoms with E-state index in [1.165, 1.54) is 0 Å². The molecule has 0 radical (unpaired) electrons. The Hall–Kier alpha value is -1.30. The van der Waals surface area contributed by atoms with Gasteiger partial charge in [-0.25, -0.2) is 4.79 Å². The number of aliphatic hydroxyl groups excluding tert-OH is 1. The molecule has 2 unspecified atom stereocenters. The van der Waals surface area contributed by atoms with Gasteiger partial charge in [0.15, 0.2) is 0 Å². The fourth-order valence-corrected chi connectivity index (χ4v) is 3.43. The van der Waals surface area contributed by atoms with Gasteiger partial charge in [-0.15, -0.1) is 0 Å². The third kappa shape index (κ3) is 2.18. The van der Waals surface area contributed by atoms with Crippen LogP contribution in [0.25, 0.3) is 0 Å². The number of nitrogens with zero attached hydrogens (tertiary/aromatic N) is 1. The molecule has 2 bridgehead atoms. The molecule has 0 aromatic rings. The van der Waals surface area contributed by atoms with Crippen molar-refractivity contribution in [3.63, 3.8) is 0 Å². The molecule has 2 atom stereocenters. The van der Waals surface area contributed by atoms with Gasteiger partial charge in [0.2, 0.25) is 0 Å². The average molecular weight is 268 g/mol. The predicted molar refractivity (Wildman–Crippen MR) is 66.6 cm³/mol. The molecule has 6 nitrogen and oxygen atoms in total. The van der Waals surface area contributed by atoms with Crippen molar-refractivity contribution in [3.05, 3.63) is 0 Å². The van der Waals surface area contributed by atoms with E-state index in [1.807, 2.05) is 4.90 Å². The first-order chi connectivity index (χ1) is 9.02. The molecular weight excluding hydrogens is 248 g/mol. The van der Waals surface area contributed by atoms with Crippen LogP contribution in [-0.4, -0.2) is 51.8 Å². The molecule has 2 amide bonds. The number of fused-ring (bicyclic) bond motifs is 2. The van der Waals surface area contributed by atoms with Crippen LogP contribution >= 0.6 is 0 Å². The zero-order valence-corrected chi connectivity index (χ0v) is 10.8. The number of piperidine rings is 1. The summed E-state index contributed by atoms with van der Waals surface area (Å²) in [4.78, 5) is 25.1. The van der Waals surface area contributed by atoms with Gasteiger partial charge in [-0.3, -0.25) is 4.79 Å². The molecule has 106 valence electrons. The molecule has 3 rings (SSSR count). The Balaban J connectivity index is 1.58. The number of hydrogen-bond acceptors (Lipinski definition) is 3. The quantitative estimate of drug-likeness (QED) is 0.697. The summed E-state index contributed by atoms with van der Waals surface area (Å²) in [5, 5.41) is 21.6. The summed E-state index contributed by atoms with van der Waals surface area (Å²) < 4.78 is 0. The maximum atomic E-state index is 12.2. The Morgan fingerprint density at radius 1 is 1.21 bits per heavy atom. The number of hydrogen-bond donors (Lipinski definition) is 3. The van der Waals surface area contributed by atoms with Crippen LogP contribution in [0.1, 0.15) is 38.5 Å². The molecule has 0 spiro atoms. The molecule has 19 heavy (non-hydrogen) atoms. The van der Waals surface area contributed by atoms with E-state index in [2.05, 4.69) is 5.32 Å². The highest BCUT2D eigenvalue weighted by Crippen LogP contribution is 2.45. The Kier molecular flexibility index (Phi) is 2.92. The highest BCUT2D eigenvalue weighted by molar-refractivity contribution is 5.80. The lowest BCUT2D eigenvalue weighted by Crippen LogP contribution is -2.53. The number of carboxylic acid groups (broad SMARTS) is 1. The van der Waals surface area contributed by atoms with Crippen molar-refractivity contribution in [1.82, 2.24) is 10.2 Å². The van der Waals surface area contributed by atoms with Crippen molar-refractivity contribution in [2.75, 3.05) is 6.54 Å². The fraction of sp³-hybridized carbons (Fsp3) is 0.846. The Labute approximate surface area is 111 Å². The highest BCUT2D eigenvalue weighted by atomic mass is 16.4. The number of aliphatic carboxylic acids is 1. The summed E-state index contributed by atoms with van der Waals surface area (Å²) in [6, 6.07) is 0.0781. The van der Waals surface area contributed by atoms with Gasteiger partial charge in [-0.1, -0.05) is 0 Å². The van der Waals surface area contributed by atoms with Gasteiger partial charge in [-0.2, -0.15) is 0 Å². The van der Waals surface area contributed by atoms with E-state index in [1.54, 1.807) is 0 Å². The lowest BCUT2D eigenvalue weighted by atomic mass is 10.0. The number of nitrogens with one attached hydrogen (secondary N) is 1. The average Bonchev–Trinajstić information content (AvgIpc) is 3.09. The standard InChI is InChI=1S/C13H20N2O4/c16-10-5-8-1-2-9(6-10)15(8)12(19)14-7-13(3-4-13)11(17)18/h8-10,16H,1-7H2,(H,14,19)(H,17,18). The van der Waals surface area contributed by atoms with E-state index >= 15 is 0 Å². The van der Waals surface area contributed by atoms with E-state index in [0.29, 0.717) is 25.7 Å². The molecule has 2 saturated heterocycles. The number of amides is 2. The molecule has 3 fully saturated rings. The van der Waals surface area contributed by atoms with E-state index in [9.17, 15) is 14.7 Å². The van der Waals surface area contributed by atoms with Crippen LogP contribution in [-0.2, 0) is 4.79 Å². The Morgan fingerprint density at radius 3 is 2.26 bits per heavy atom. The lowest BCUT2D eigenvalue weighted by molar-refractivity contribution is -0.143. The smallest absolute Gasteiger partial charge is 0.317 e. The zero-order chi connectivity index (χ0) is 13.6. The number of aliphatic hydroxyl groups is 1. The van der Waals surface area contributed by atoms with Crippen molar-refractivity contribution < 1.29 is 19.8 Å². The molecule has 3 aliphatic rings. The minimum atomic E-state index is -0.815. The van der Waals surface area contributed by atoms with Crippen LogP contribution in [0.3, 0.4) is 0 Å². The normalized spacial score (nSPS) is 35.0. The van der Waals surface area contributed by atoms with Crippen molar-refractivity contribution >= 4 is 12.0 Å². The molecular formula is C13H20N2O4. The molecule has 1 aliphatic carbocycles. The fourth-order valence-electron chi connectivity index (χ4n) is 3.43. The van der Waals surface area contributed by atoms with Gasteiger partial charge < -0.3 is 20.4 Å². The van der Waals surface area contributed by atoms with Crippen LogP contribution in [0.5, 0.6) is 0 Å². The number of carbonyl (C=O) groups excluding carboxylic acids is 1. The third-order valence-corrected chi connectivity index (χ3v) is 4.83. The van der Waals surface area contributed by atoms with Gasteiger partial charge in [0.05, 0.1) is 11.5 Å². The number of rotatable bonds is 3. The molecule has 2 aliphatic heterocycles. The predicted octanol–water partition coefficient (Wildman–Crippen LogP) is 0.548. The second-order valence-corrected chi connectivity index (χ2v) is 6.16. The first-order valence-electron chi connectivity index (χ1n) is 6.99. The van der Waals surface area contributed by atoms with Gasteiger partial charge in [0, 0.05) is 18.6 Å². The zero-order valence-electron chi connectivity index (χ0n) is 10.8. The van der Waals surface area contributed by atoms with E-state index in [0.717, 1.165) is 12.8 Å². The summed E-state index contributed by atoms with van der Waals surface area (Å²) >= 11 is 0. The van der Waals surface area contributed by atoms with Gasteiger partial charge in [-0.05, 0) is 38.5 Å². The summed E-state index contributed by atoms with van der Waals surface area (Å²) in [5.74, 6) is -0.815. The van der Waals surface area contributed by atoms with Gasteiger partial charge in [0.1, 0.15) is 0 Å². The highest BCUT2D eigenvalue weighted by Gasteiger charge is 2.51. The summed E-state index contributed by atoms with van der Waals surface area (Å²) in [6.45, 7) is 0.222. The van der Waals surface area contributed by atoms with Crippen LogP contribution in [0.2, 0.25) is 0 Å². The van der Waals surface area contributed by atoms with Crippen molar-refractivity contribution in [2.45, 2.75) is 56.7 Å². The van der Waals surface area contributed by atoms with Gasteiger partial charge in [0.25, 0.3) is 0 Å². The van der Waals surface area contributed by atoms with Crippen LogP contribution in [0.15, 0.2) is 0 Å². The van der Waals surface area contributed by atoms with Crippen LogP contribution < -0.4 is 5.32 Å². The molecule has 0 aromatic carbocycles. The van der Waals surface area contributed by atoms with Crippen molar-refractivity contribution in [2.24, 2.45) is 5.41 Å². The summed E-state index contributed by atoms with van der Waals surface area (Å²) in [7, 11) is 0. The molecule has 1 saturated carbocycles. The van der Waals surface area contributed by atoms with Crippen molar-refractivity contribution in [1.29, 1.82) is 0 Å². The van der Waals surface area contributed by atoms with E-state index < -0.39 is 11.4 Å². The summed E-state index contributed by atoms with van der Waals surface area (Å²) in [5.41, 5.74) is -0.718. The topological polar surface area (TPSA) is 89.9 Å². The molecule has 6 heteroatoms. The second-order valence-electron chi connectivity index (χ2n) is 6.16. The second kappa shape index (κ2) is 4.37. The molecule has 3 N–H and O–H groups in total. The Bertz CT molecular complexity index is 393. The minimum Gasteiger partial charge on any atom is -0.481 e. The SMILES string of the molecule is O=C(NCC1(C(=O)O)CC1)N1C2CCC1CC(O)C2. The third-order valence-electron chi connectivity index (χ3n) is 4.83. The number of carboxylic acids is 1. The van der Waals surface area contributed by atoms with E-state index in [4.69, 9.17) is 5.11 Å². The minimum absolute atomic E-state index is 0.119. The first kappa shape index (κ1) is 12.7. The molecule has 0 aromatic heterocycles. The van der Waals surface area contributed by atoms with E-state index in [-0.39, 0.29) is 30.8 Å². The number of carbonyl (C=O) groups is 2. The summed E-state index contributed by atoms with van der Waals surface area (Å²) in [6.07, 6.45) is 4.18. The maximum Gasteiger partial charge on any atom is 0.317 e. The molecule has 2 heterocycles. The largest absolute Gasteiger partial charge is 0.481 e. The van der Waals surface area contributed by atoms with Crippen LogP contribution in [0, 0.1) is 5.41 Å². The van der Waals surface area contributed by atoms with Crippen LogP contribution in [0.4, 0.5) is 4.79 Å². The monoisotopic (exact) mass is 268 g/mol. The number of urea groups is 1. The van der Waals surface area contributed by atoms with Crippen molar-refractivity contribution in [3.8, 4) is 0 Å². The Morgan fingerprint density at radius 2 is 1.79 bits per heavy atom. The van der Waals surface area contributed by atoms with Gasteiger partial charge >= 0.3 is 12.0 Å². The maximum absolute atomic E-state index is 12.2. The lowest BCUT2D eigenvalue weighted by Gasteiger charge is -2.37. The first-order valence-corrected chi connectivity index (χ1v) is 6.99.